The van der Waals surface area contributed by atoms with Crippen LogP contribution in [-0.2, 0) is 4.74 Å². The molecule has 0 aliphatic carbocycles. The second-order valence-corrected chi connectivity index (χ2v) is 3.86. The molecule has 0 radical (unpaired) electrons. The fourth-order valence-corrected chi connectivity index (χ4v) is 1.79. The Morgan fingerprint density at radius 2 is 2.11 bits per heavy atom. The molecule has 0 unspecified atom stereocenters. The van der Waals surface area contributed by atoms with Crippen molar-refractivity contribution in [2.24, 2.45) is 0 Å². The van der Waals surface area contributed by atoms with E-state index in [1.165, 1.54) is 12.1 Å². The first-order chi connectivity index (χ1) is 8.65. The topological polar surface area (TPSA) is 33.0 Å². The fourth-order valence-electron chi connectivity index (χ4n) is 1.79. The van der Waals surface area contributed by atoms with Crippen molar-refractivity contribution in [3.63, 3.8) is 0 Å². The van der Waals surface area contributed by atoms with E-state index in [2.05, 4.69) is 6.58 Å². The summed E-state index contributed by atoms with van der Waals surface area (Å²) in [7, 11) is 0. The van der Waals surface area contributed by atoms with Gasteiger partial charge in [0, 0.05) is 5.56 Å². The third-order valence-electron chi connectivity index (χ3n) is 2.69. The summed E-state index contributed by atoms with van der Waals surface area (Å²) >= 11 is 0. The van der Waals surface area contributed by atoms with E-state index in [1.54, 1.807) is 6.07 Å². The van der Waals surface area contributed by atoms with E-state index in [1.807, 2.05) is 25.1 Å². The summed E-state index contributed by atoms with van der Waals surface area (Å²) in [5.74, 6) is 0.0728. The van der Waals surface area contributed by atoms with E-state index in [0.717, 1.165) is 16.3 Å². The summed E-state index contributed by atoms with van der Waals surface area (Å²) in [5, 5.41) is 10.4. The molecule has 0 saturated carbocycles. The molecule has 90 valence electrons. The van der Waals surface area contributed by atoms with Gasteiger partial charge in [0.05, 0.1) is 12.2 Å². The fraction of sp³-hybridized carbons (Fsp3) is 0.133. The van der Waals surface area contributed by atoms with Crippen molar-refractivity contribution in [2.45, 2.75) is 6.92 Å². The molecule has 0 bridgehead atoms. The summed E-state index contributed by atoms with van der Waals surface area (Å²) in [4.78, 5) is 0. The number of hydrogen-bond acceptors (Lipinski definition) is 2. The summed E-state index contributed by atoms with van der Waals surface area (Å²) in [6.45, 7) is 6.25. The molecule has 0 aliphatic heterocycles. The molecule has 18 heavy (non-hydrogen) atoms. The van der Waals surface area contributed by atoms with E-state index >= 15 is 0 Å². The van der Waals surface area contributed by atoms with Crippen molar-refractivity contribution < 1.29 is 9.13 Å². The van der Waals surface area contributed by atoms with Gasteiger partial charge < -0.3 is 4.74 Å². The van der Waals surface area contributed by atoms with Gasteiger partial charge in [0.15, 0.2) is 0 Å². The molecule has 2 aromatic rings. The van der Waals surface area contributed by atoms with Crippen LogP contribution < -0.4 is 0 Å². The molecule has 0 spiro atoms. The number of nitrogens with zero attached hydrogens (tertiary/aromatic N) is 1. The van der Waals surface area contributed by atoms with E-state index in [-0.39, 0.29) is 5.56 Å². The van der Waals surface area contributed by atoms with E-state index in [0.29, 0.717) is 12.4 Å². The van der Waals surface area contributed by atoms with Crippen molar-refractivity contribution >= 4 is 16.5 Å². The Kier molecular flexibility index (Phi) is 3.29. The molecule has 0 heterocycles. The highest BCUT2D eigenvalue weighted by Gasteiger charge is 2.06. The highest BCUT2D eigenvalue weighted by Crippen LogP contribution is 2.23. The van der Waals surface area contributed by atoms with Gasteiger partial charge in [-0.15, -0.1) is 0 Å². The lowest BCUT2D eigenvalue weighted by atomic mass is 10.0. The summed E-state index contributed by atoms with van der Waals surface area (Å²) in [6, 6.07) is 10.2. The standard InChI is InChI=1S/C15H12FNO/c1-3-18-10(2)11-4-5-12-8-15(16)14(9-17)7-13(12)6-11/h4-8H,2-3H2,1H3. The molecule has 0 N–H and O–H groups in total. The van der Waals surface area contributed by atoms with Gasteiger partial charge in [0.25, 0.3) is 0 Å². The zero-order chi connectivity index (χ0) is 13.1. The minimum atomic E-state index is -0.499. The van der Waals surface area contributed by atoms with Gasteiger partial charge in [-0.05, 0) is 35.9 Å². The Morgan fingerprint density at radius 3 is 2.78 bits per heavy atom. The maximum atomic E-state index is 13.4. The van der Waals surface area contributed by atoms with Gasteiger partial charge in [0.2, 0.25) is 0 Å². The van der Waals surface area contributed by atoms with Crippen LogP contribution in [0.3, 0.4) is 0 Å². The number of hydrogen-bond donors (Lipinski definition) is 0. The van der Waals surface area contributed by atoms with Crippen LogP contribution in [-0.4, -0.2) is 6.61 Å². The van der Waals surface area contributed by atoms with Gasteiger partial charge in [-0.3, -0.25) is 0 Å². The molecule has 3 heteroatoms. The van der Waals surface area contributed by atoms with Crippen LogP contribution in [0.5, 0.6) is 0 Å². The maximum Gasteiger partial charge on any atom is 0.141 e. The molecule has 2 aromatic carbocycles. The first kappa shape index (κ1) is 12.1. The highest BCUT2D eigenvalue weighted by molar-refractivity contribution is 5.86. The van der Waals surface area contributed by atoms with Gasteiger partial charge >= 0.3 is 0 Å². The number of halogens is 1. The van der Waals surface area contributed by atoms with E-state index < -0.39 is 5.82 Å². The van der Waals surface area contributed by atoms with Crippen molar-refractivity contribution in [3.05, 3.63) is 53.9 Å². The molecule has 0 atom stereocenters. The Morgan fingerprint density at radius 1 is 1.33 bits per heavy atom. The van der Waals surface area contributed by atoms with E-state index in [9.17, 15) is 4.39 Å². The number of benzene rings is 2. The Hall–Kier alpha value is -2.34. The molecule has 0 saturated heterocycles. The molecular weight excluding hydrogens is 229 g/mol. The zero-order valence-corrected chi connectivity index (χ0v) is 10.0. The second kappa shape index (κ2) is 4.89. The van der Waals surface area contributed by atoms with Crippen LogP contribution in [0.25, 0.3) is 16.5 Å². The molecule has 0 fully saturated rings. The number of nitriles is 1. The Labute approximate surface area is 105 Å². The highest BCUT2D eigenvalue weighted by atomic mass is 19.1. The average molecular weight is 241 g/mol. The quantitative estimate of drug-likeness (QED) is 0.764. The Bertz CT molecular complexity index is 655. The van der Waals surface area contributed by atoms with E-state index in [4.69, 9.17) is 10.00 Å². The molecule has 0 amide bonds. The predicted molar refractivity (Wildman–Crippen MR) is 69.3 cm³/mol. The predicted octanol–water partition coefficient (Wildman–Crippen LogP) is 3.86. The first-order valence-corrected chi connectivity index (χ1v) is 5.61. The SMILES string of the molecule is C=C(OCC)c1ccc2cc(F)c(C#N)cc2c1. The molecule has 0 aromatic heterocycles. The van der Waals surface area contributed by atoms with Crippen LogP contribution in [0, 0.1) is 17.1 Å². The van der Waals surface area contributed by atoms with Gasteiger partial charge in [-0.25, -0.2) is 4.39 Å². The molecule has 2 rings (SSSR count). The lowest BCUT2D eigenvalue weighted by molar-refractivity contribution is 0.299. The second-order valence-electron chi connectivity index (χ2n) is 3.86. The van der Waals surface area contributed by atoms with Crippen molar-refractivity contribution in [2.75, 3.05) is 6.61 Å². The largest absolute Gasteiger partial charge is 0.494 e. The summed E-state index contributed by atoms with van der Waals surface area (Å²) in [6.07, 6.45) is 0. The minimum absolute atomic E-state index is 0.0432. The molecule has 2 nitrogen and oxygen atoms in total. The third-order valence-corrected chi connectivity index (χ3v) is 2.69. The monoisotopic (exact) mass is 241 g/mol. The molecule has 0 aliphatic rings. The molecular formula is C15H12FNO. The minimum Gasteiger partial charge on any atom is -0.494 e. The number of ether oxygens (including phenoxy) is 1. The zero-order valence-electron chi connectivity index (χ0n) is 10.0. The van der Waals surface area contributed by atoms with Crippen LogP contribution in [0.2, 0.25) is 0 Å². The van der Waals surface area contributed by atoms with Crippen LogP contribution in [0.1, 0.15) is 18.1 Å². The number of fused-ring (bicyclic) bond motifs is 1. The van der Waals surface area contributed by atoms with Gasteiger partial charge in [-0.1, -0.05) is 18.7 Å². The lowest BCUT2D eigenvalue weighted by Gasteiger charge is -2.08. The van der Waals surface area contributed by atoms with Gasteiger partial charge in [0.1, 0.15) is 17.6 Å². The maximum absolute atomic E-state index is 13.4. The van der Waals surface area contributed by atoms with Crippen molar-refractivity contribution in [3.8, 4) is 6.07 Å². The smallest absolute Gasteiger partial charge is 0.141 e. The van der Waals surface area contributed by atoms with Crippen molar-refractivity contribution in [1.82, 2.24) is 0 Å². The summed E-state index contributed by atoms with van der Waals surface area (Å²) in [5.41, 5.74) is 0.876. The number of rotatable bonds is 3. The van der Waals surface area contributed by atoms with Crippen LogP contribution in [0.4, 0.5) is 4.39 Å². The lowest BCUT2D eigenvalue weighted by Crippen LogP contribution is -1.91. The normalized spacial score (nSPS) is 10.1. The third kappa shape index (κ3) is 2.18. The van der Waals surface area contributed by atoms with Gasteiger partial charge in [-0.2, -0.15) is 5.26 Å². The van der Waals surface area contributed by atoms with Crippen molar-refractivity contribution in [1.29, 1.82) is 5.26 Å². The van der Waals surface area contributed by atoms with Crippen LogP contribution in [0.15, 0.2) is 36.9 Å². The summed E-state index contributed by atoms with van der Waals surface area (Å²) < 4.78 is 18.8. The average Bonchev–Trinajstić information content (AvgIpc) is 2.37. The first-order valence-electron chi connectivity index (χ1n) is 5.61. The van der Waals surface area contributed by atoms with Crippen LogP contribution >= 0.6 is 0 Å². The Balaban J connectivity index is 2.54.